The number of amides is 2. The Balaban J connectivity index is 1.55. The first kappa shape index (κ1) is 19.6. The van der Waals surface area contributed by atoms with Gasteiger partial charge in [0.15, 0.2) is 9.84 Å². The molecule has 0 fully saturated rings. The molecule has 0 saturated carbocycles. The van der Waals surface area contributed by atoms with E-state index in [1.807, 2.05) is 10.3 Å². The van der Waals surface area contributed by atoms with E-state index in [0.717, 1.165) is 12.7 Å². The number of carbonyl (C=O) groups excluding carboxylic acids is 2. The van der Waals surface area contributed by atoms with Crippen LogP contribution in [-0.4, -0.2) is 45.0 Å². The van der Waals surface area contributed by atoms with Crippen LogP contribution in [0, 0.1) is 0 Å². The number of nitrogens with zero attached hydrogens (tertiary/aromatic N) is 2. The van der Waals surface area contributed by atoms with Crippen LogP contribution in [0.3, 0.4) is 0 Å². The number of hydrogen-bond acceptors (Lipinski definition) is 5. The maximum atomic E-state index is 12.4. The molecule has 0 bridgehead atoms. The van der Waals surface area contributed by atoms with Crippen molar-refractivity contribution in [2.24, 2.45) is 0 Å². The number of hydrogen-bond donors (Lipinski definition) is 0. The molecule has 2 amide bonds. The standard InChI is InChI=1S/C19H22N2O4S2/c1-20(15-3-5-16(6-4-15)27(2,24)25)18(22)7-8-19(23)21-11-9-17-14(13-21)10-12-26-17/h3-6,10,12H,7-9,11,13H2,1-2H3. The SMILES string of the molecule is CN(C(=O)CCC(=O)N1CCc2sccc2C1)c1ccc(S(C)(=O)=O)cc1. The van der Waals surface area contributed by atoms with Crippen LogP contribution in [0.15, 0.2) is 40.6 Å². The second-order valence-electron chi connectivity index (χ2n) is 6.65. The molecule has 144 valence electrons. The number of carbonyl (C=O) groups is 2. The van der Waals surface area contributed by atoms with E-state index in [-0.39, 0.29) is 29.6 Å². The number of rotatable bonds is 5. The van der Waals surface area contributed by atoms with E-state index in [1.54, 1.807) is 30.5 Å². The largest absolute Gasteiger partial charge is 0.338 e. The molecule has 2 aromatic rings. The molecule has 0 saturated heterocycles. The lowest BCUT2D eigenvalue weighted by Gasteiger charge is -2.27. The van der Waals surface area contributed by atoms with Crippen LogP contribution < -0.4 is 4.90 Å². The number of thiophene rings is 1. The van der Waals surface area contributed by atoms with Gasteiger partial charge >= 0.3 is 0 Å². The van der Waals surface area contributed by atoms with Crippen LogP contribution in [0.2, 0.25) is 0 Å². The molecule has 0 spiro atoms. The van der Waals surface area contributed by atoms with Gasteiger partial charge in [0.25, 0.3) is 0 Å². The fraction of sp³-hybridized carbons (Fsp3) is 0.368. The number of benzene rings is 1. The number of fused-ring (bicyclic) bond motifs is 1. The summed E-state index contributed by atoms with van der Waals surface area (Å²) in [6.07, 6.45) is 2.31. The highest BCUT2D eigenvalue weighted by atomic mass is 32.2. The summed E-state index contributed by atoms with van der Waals surface area (Å²) in [6.45, 7) is 1.32. The summed E-state index contributed by atoms with van der Waals surface area (Å²) >= 11 is 1.72. The highest BCUT2D eigenvalue weighted by Crippen LogP contribution is 2.24. The zero-order valence-electron chi connectivity index (χ0n) is 15.3. The average Bonchev–Trinajstić information content (AvgIpc) is 3.12. The fourth-order valence-corrected chi connectivity index (χ4v) is 4.58. The summed E-state index contributed by atoms with van der Waals surface area (Å²) in [4.78, 5) is 29.7. The van der Waals surface area contributed by atoms with Crippen LogP contribution in [0.5, 0.6) is 0 Å². The Morgan fingerprint density at radius 2 is 1.85 bits per heavy atom. The highest BCUT2D eigenvalue weighted by Gasteiger charge is 2.22. The van der Waals surface area contributed by atoms with Crippen LogP contribution >= 0.6 is 11.3 Å². The van der Waals surface area contributed by atoms with Gasteiger partial charge in [0.2, 0.25) is 11.8 Å². The predicted molar refractivity (Wildman–Crippen MR) is 106 cm³/mol. The van der Waals surface area contributed by atoms with Crippen molar-refractivity contribution in [3.63, 3.8) is 0 Å². The van der Waals surface area contributed by atoms with Crippen molar-refractivity contribution in [1.29, 1.82) is 0 Å². The van der Waals surface area contributed by atoms with E-state index < -0.39 is 9.84 Å². The van der Waals surface area contributed by atoms with Gasteiger partial charge in [-0.3, -0.25) is 9.59 Å². The van der Waals surface area contributed by atoms with E-state index in [9.17, 15) is 18.0 Å². The Morgan fingerprint density at radius 3 is 2.52 bits per heavy atom. The zero-order valence-corrected chi connectivity index (χ0v) is 17.0. The van der Waals surface area contributed by atoms with Crippen molar-refractivity contribution >= 4 is 38.7 Å². The lowest BCUT2D eigenvalue weighted by atomic mass is 10.1. The molecule has 2 heterocycles. The Morgan fingerprint density at radius 1 is 1.15 bits per heavy atom. The molecular formula is C19H22N2O4S2. The lowest BCUT2D eigenvalue weighted by molar-refractivity contribution is -0.133. The Labute approximate surface area is 163 Å². The monoisotopic (exact) mass is 406 g/mol. The molecule has 0 N–H and O–H groups in total. The smallest absolute Gasteiger partial charge is 0.227 e. The summed E-state index contributed by atoms with van der Waals surface area (Å²) in [6, 6.07) is 8.20. The minimum atomic E-state index is -3.27. The summed E-state index contributed by atoms with van der Waals surface area (Å²) in [7, 11) is -1.64. The summed E-state index contributed by atoms with van der Waals surface area (Å²) in [5, 5.41) is 2.05. The Hall–Kier alpha value is -2.19. The van der Waals surface area contributed by atoms with E-state index in [2.05, 4.69) is 6.07 Å². The second-order valence-corrected chi connectivity index (χ2v) is 9.67. The van der Waals surface area contributed by atoms with E-state index in [4.69, 9.17) is 0 Å². The lowest BCUT2D eigenvalue weighted by Crippen LogP contribution is -2.36. The molecule has 1 aromatic carbocycles. The molecular weight excluding hydrogens is 384 g/mol. The summed E-state index contributed by atoms with van der Waals surface area (Å²) in [5.41, 5.74) is 1.80. The van der Waals surface area contributed by atoms with Crippen LogP contribution in [0.1, 0.15) is 23.3 Å². The van der Waals surface area contributed by atoms with Gasteiger partial charge in [-0.1, -0.05) is 0 Å². The third-order valence-corrected chi connectivity index (χ3v) is 6.89. The molecule has 1 aliphatic rings. The van der Waals surface area contributed by atoms with Gasteiger partial charge in [0.1, 0.15) is 0 Å². The zero-order chi connectivity index (χ0) is 19.6. The minimum Gasteiger partial charge on any atom is -0.338 e. The average molecular weight is 407 g/mol. The number of anilines is 1. The Bertz CT molecular complexity index is 948. The maximum Gasteiger partial charge on any atom is 0.227 e. The van der Waals surface area contributed by atoms with Crippen molar-refractivity contribution in [1.82, 2.24) is 4.90 Å². The van der Waals surface area contributed by atoms with Gasteiger partial charge in [-0.15, -0.1) is 11.3 Å². The van der Waals surface area contributed by atoms with Crippen LogP contribution in [0.25, 0.3) is 0 Å². The normalized spacial score (nSPS) is 13.9. The third kappa shape index (κ3) is 4.56. The third-order valence-electron chi connectivity index (χ3n) is 4.74. The first-order valence-electron chi connectivity index (χ1n) is 8.65. The first-order valence-corrected chi connectivity index (χ1v) is 11.4. The summed E-state index contributed by atoms with van der Waals surface area (Å²) < 4.78 is 23.0. The second kappa shape index (κ2) is 7.82. The molecule has 0 radical (unpaired) electrons. The molecule has 1 aliphatic heterocycles. The van der Waals surface area contributed by atoms with Crippen molar-refractivity contribution in [2.75, 3.05) is 24.7 Å². The molecule has 27 heavy (non-hydrogen) atoms. The first-order chi connectivity index (χ1) is 12.8. The summed E-state index contributed by atoms with van der Waals surface area (Å²) in [5.74, 6) is -0.190. The van der Waals surface area contributed by atoms with E-state index in [1.165, 1.54) is 27.5 Å². The van der Waals surface area contributed by atoms with Crippen molar-refractivity contribution in [3.8, 4) is 0 Å². The van der Waals surface area contributed by atoms with E-state index >= 15 is 0 Å². The quantitative estimate of drug-likeness (QED) is 0.765. The highest BCUT2D eigenvalue weighted by molar-refractivity contribution is 7.90. The Kier molecular flexibility index (Phi) is 5.67. The topological polar surface area (TPSA) is 74.8 Å². The van der Waals surface area contributed by atoms with Crippen LogP contribution in [-0.2, 0) is 32.4 Å². The van der Waals surface area contributed by atoms with Crippen molar-refractivity contribution < 1.29 is 18.0 Å². The minimum absolute atomic E-state index is 0.0129. The fourth-order valence-electron chi connectivity index (χ4n) is 3.06. The molecule has 1 aromatic heterocycles. The number of sulfone groups is 1. The molecule has 8 heteroatoms. The van der Waals surface area contributed by atoms with Gasteiger partial charge in [-0.25, -0.2) is 8.42 Å². The van der Waals surface area contributed by atoms with Gasteiger partial charge in [0, 0.05) is 49.8 Å². The predicted octanol–water partition coefficient (Wildman–Crippen LogP) is 2.48. The molecule has 3 rings (SSSR count). The van der Waals surface area contributed by atoms with E-state index in [0.29, 0.717) is 18.8 Å². The molecule has 0 unspecified atom stereocenters. The molecule has 0 aliphatic carbocycles. The van der Waals surface area contributed by atoms with Crippen molar-refractivity contribution in [3.05, 3.63) is 46.2 Å². The molecule has 6 nitrogen and oxygen atoms in total. The van der Waals surface area contributed by atoms with Gasteiger partial charge in [-0.2, -0.15) is 0 Å². The maximum absolute atomic E-state index is 12.4. The van der Waals surface area contributed by atoms with Gasteiger partial charge in [0.05, 0.1) is 4.90 Å². The van der Waals surface area contributed by atoms with Crippen molar-refractivity contribution in [2.45, 2.75) is 30.7 Å². The van der Waals surface area contributed by atoms with Gasteiger partial charge < -0.3 is 9.80 Å². The van der Waals surface area contributed by atoms with Crippen LogP contribution in [0.4, 0.5) is 5.69 Å². The van der Waals surface area contributed by atoms with Gasteiger partial charge in [-0.05, 0) is 47.7 Å². The molecule has 0 atom stereocenters.